The first-order valence-electron chi connectivity index (χ1n) is 10.3. The van der Waals surface area contributed by atoms with Crippen molar-refractivity contribution in [3.8, 4) is 0 Å². The molecular weight excluding hydrogens is 416 g/mol. The van der Waals surface area contributed by atoms with Gasteiger partial charge < -0.3 is 10.6 Å². The predicted octanol–water partition coefficient (Wildman–Crippen LogP) is 1.88. The molecule has 0 spiro atoms. The predicted molar refractivity (Wildman–Crippen MR) is 121 cm³/mol. The number of fused-ring (bicyclic) bond motifs is 3. The summed E-state index contributed by atoms with van der Waals surface area (Å²) in [6.45, 7) is 9.68. The molecule has 2 N–H and O–H groups in total. The van der Waals surface area contributed by atoms with Crippen LogP contribution in [0.25, 0.3) is 16.7 Å². The number of rotatable bonds is 8. The smallest absolute Gasteiger partial charge is 0.262 e. The molecule has 0 atom stereocenters. The van der Waals surface area contributed by atoms with Crippen LogP contribution in [0.1, 0.15) is 39.7 Å². The molecule has 0 saturated heterocycles. The van der Waals surface area contributed by atoms with Crippen LogP contribution in [0.3, 0.4) is 0 Å². The summed E-state index contributed by atoms with van der Waals surface area (Å²) in [7, 11) is 0. The summed E-state index contributed by atoms with van der Waals surface area (Å²) < 4.78 is 3.26. The van der Waals surface area contributed by atoms with E-state index in [2.05, 4.69) is 20.8 Å². The third-order valence-corrected chi connectivity index (χ3v) is 5.45. The molecule has 0 aliphatic carbocycles. The van der Waals surface area contributed by atoms with Crippen molar-refractivity contribution in [2.24, 2.45) is 0 Å². The molecule has 0 fully saturated rings. The highest BCUT2D eigenvalue weighted by molar-refractivity contribution is 7.99. The number of nitrogens with zero attached hydrogens (tertiary/aromatic N) is 4. The molecule has 0 aliphatic heterocycles. The topological polar surface area (TPSA) is 110 Å². The fourth-order valence-electron chi connectivity index (χ4n) is 3.30. The third kappa shape index (κ3) is 5.25. The van der Waals surface area contributed by atoms with Gasteiger partial charge in [0.25, 0.3) is 5.56 Å². The second-order valence-electron chi connectivity index (χ2n) is 8.08. The van der Waals surface area contributed by atoms with Gasteiger partial charge in [0.15, 0.2) is 5.16 Å². The first-order chi connectivity index (χ1) is 14.7. The number of carbonyl (C=O) groups is 2. The van der Waals surface area contributed by atoms with E-state index in [-0.39, 0.29) is 48.2 Å². The summed E-state index contributed by atoms with van der Waals surface area (Å²) in [6, 6.07) is 5.67. The van der Waals surface area contributed by atoms with E-state index in [0.29, 0.717) is 21.8 Å². The molecule has 2 amide bonds. The van der Waals surface area contributed by atoms with Crippen LogP contribution in [0, 0.1) is 6.92 Å². The zero-order chi connectivity index (χ0) is 22.7. The number of carbonyl (C=O) groups excluding carboxylic acids is 2. The summed E-state index contributed by atoms with van der Waals surface area (Å²) in [5.41, 5.74) is 1.40. The van der Waals surface area contributed by atoms with E-state index in [1.165, 1.54) is 16.3 Å². The normalized spacial score (nSPS) is 11.6. The van der Waals surface area contributed by atoms with Crippen LogP contribution >= 0.6 is 11.8 Å². The summed E-state index contributed by atoms with van der Waals surface area (Å²) in [5, 5.41) is 15.2. The summed E-state index contributed by atoms with van der Waals surface area (Å²) in [5.74, 6) is 0.298. The number of nitrogens with one attached hydrogen (secondary N) is 2. The van der Waals surface area contributed by atoms with Crippen LogP contribution < -0.4 is 16.2 Å². The molecule has 166 valence electrons. The Bertz CT molecular complexity index is 1180. The van der Waals surface area contributed by atoms with E-state index in [4.69, 9.17) is 0 Å². The van der Waals surface area contributed by atoms with Crippen LogP contribution in [0.15, 0.2) is 28.2 Å². The number of thioether (sulfide) groups is 1. The van der Waals surface area contributed by atoms with Crippen molar-refractivity contribution in [3.05, 3.63) is 34.1 Å². The Labute approximate surface area is 184 Å². The van der Waals surface area contributed by atoms with Crippen molar-refractivity contribution < 1.29 is 9.59 Å². The van der Waals surface area contributed by atoms with Crippen molar-refractivity contribution >= 4 is 40.3 Å². The molecule has 2 aromatic heterocycles. The van der Waals surface area contributed by atoms with Gasteiger partial charge in [-0.3, -0.25) is 23.4 Å². The number of amides is 2. The Morgan fingerprint density at radius 3 is 2.42 bits per heavy atom. The molecule has 10 heteroatoms. The van der Waals surface area contributed by atoms with Crippen molar-refractivity contribution in [2.75, 3.05) is 5.75 Å². The molecule has 1 aromatic carbocycles. The zero-order valence-corrected chi connectivity index (χ0v) is 19.2. The average Bonchev–Trinajstić information content (AvgIpc) is 3.09. The van der Waals surface area contributed by atoms with Gasteiger partial charge in [0.1, 0.15) is 0 Å². The van der Waals surface area contributed by atoms with Crippen LogP contribution in [-0.4, -0.2) is 48.8 Å². The number of hydrogen-bond acceptors (Lipinski definition) is 6. The molecule has 9 nitrogen and oxygen atoms in total. The van der Waals surface area contributed by atoms with E-state index in [9.17, 15) is 14.4 Å². The molecule has 0 bridgehead atoms. The summed E-state index contributed by atoms with van der Waals surface area (Å²) >= 11 is 1.26. The lowest BCUT2D eigenvalue weighted by Crippen LogP contribution is -2.32. The van der Waals surface area contributed by atoms with Gasteiger partial charge in [0.05, 0.1) is 16.7 Å². The number of benzene rings is 1. The van der Waals surface area contributed by atoms with E-state index in [0.717, 1.165) is 5.56 Å². The standard InChI is InChI=1S/C21H28N6O3S/c1-12(2)22-17(28)8-9-26-19(30)15-10-14(5)6-7-16(15)27-20(26)24-25-21(27)31-11-18(29)23-13(3)4/h6-7,10,12-13H,8-9,11H2,1-5H3,(H,22,28)(H,23,29). The van der Waals surface area contributed by atoms with Crippen molar-refractivity contribution in [3.63, 3.8) is 0 Å². The van der Waals surface area contributed by atoms with Crippen molar-refractivity contribution in [1.29, 1.82) is 0 Å². The lowest BCUT2D eigenvalue weighted by atomic mass is 10.1. The van der Waals surface area contributed by atoms with E-state index >= 15 is 0 Å². The Morgan fingerprint density at radius 1 is 1.06 bits per heavy atom. The molecule has 31 heavy (non-hydrogen) atoms. The molecule has 0 saturated carbocycles. The maximum atomic E-state index is 13.2. The highest BCUT2D eigenvalue weighted by Crippen LogP contribution is 2.22. The van der Waals surface area contributed by atoms with Gasteiger partial charge >= 0.3 is 0 Å². The van der Waals surface area contributed by atoms with E-state index in [1.54, 1.807) is 4.40 Å². The van der Waals surface area contributed by atoms with Gasteiger partial charge in [-0.15, -0.1) is 10.2 Å². The second-order valence-corrected chi connectivity index (χ2v) is 9.02. The maximum Gasteiger partial charge on any atom is 0.262 e. The average molecular weight is 445 g/mol. The van der Waals surface area contributed by atoms with Crippen LogP contribution in [0.4, 0.5) is 0 Å². The molecule has 0 aliphatic rings. The first kappa shape index (κ1) is 22.8. The van der Waals surface area contributed by atoms with E-state index in [1.807, 2.05) is 52.8 Å². The fourth-order valence-corrected chi connectivity index (χ4v) is 4.05. The molecule has 3 aromatic rings. The minimum atomic E-state index is -0.218. The monoisotopic (exact) mass is 444 g/mol. The largest absolute Gasteiger partial charge is 0.354 e. The minimum Gasteiger partial charge on any atom is -0.354 e. The van der Waals surface area contributed by atoms with Crippen LogP contribution in [-0.2, 0) is 16.1 Å². The van der Waals surface area contributed by atoms with E-state index < -0.39 is 0 Å². The number of aryl methyl sites for hydroxylation is 2. The van der Waals surface area contributed by atoms with Crippen LogP contribution in [0.5, 0.6) is 0 Å². The first-order valence-corrected chi connectivity index (χ1v) is 11.3. The molecule has 0 radical (unpaired) electrons. The maximum absolute atomic E-state index is 13.2. The molecule has 3 rings (SSSR count). The quantitative estimate of drug-likeness (QED) is 0.514. The molecular formula is C21H28N6O3S. The zero-order valence-electron chi connectivity index (χ0n) is 18.4. The highest BCUT2D eigenvalue weighted by atomic mass is 32.2. The molecule has 0 unspecified atom stereocenters. The highest BCUT2D eigenvalue weighted by Gasteiger charge is 2.18. The molecule has 2 heterocycles. The van der Waals surface area contributed by atoms with Gasteiger partial charge in [-0.05, 0) is 46.8 Å². The summed E-state index contributed by atoms with van der Waals surface area (Å²) in [6.07, 6.45) is 0.150. The Hall–Kier alpha value is -2.88. The fraction of sp³-hybridized carbons (Fsp3) is 0.476. The van der Waals surface area contributed by atoms with Gasteiger partial charge in [0.2, 0.25) is 17.6 Å². The number of aromatic nitrogens is 4. The van der Waals surface area contributed by atoms with Gasteiger partial charge in [0, 0.05) is 25.0 Å². The van der Waals surface area contributed by atoms with Crippen LogP contribution in [0.2, 0.25) is 0 Å². The Kier molecular flexibility index (Phi) is 6.99. The SMILES string of the molecule is Cc1ccc2c(c1)c(=O)n(CCC(=O)NC(C)C)c1nnc(SCC(=O)NC(C)C)n21. The lowest BCUT2D eigenvalue weighted by Gasteiger charge is -2.13. The van der Waals surface area contributed by atoms with Crippen molar-refractivity contribution in [2.45, 2.75) is 64.8 Å². The van der Waals surface area contributed by atoms with Gasteiger partial charge in [-0.1, -0.05) is 23.4 Å². The van der Waals surface area contributed by atoms with Gasteiger partial charge in [-0.25, -0.2) is 0 Å². The third-order valence-electron chi connectivity index (χ3n) is 4.52. The Balaban J connectivity index is 2.04. The second kappa shape index (κ2) is 9.51. The number of hydrogen-bond donors (Lipinski definition) is 2. The Morgan fingerprint density at radius 2 is 1.74 bits per heavy atom. The summed E-state index contributed by atoms with van der Waals surface area (Å²) in [4.78, 5) is 37.4. The van der Waals surface area contributed by atoms with Gasteiger partial charge in [-0.2, -0.15) is 0 Å². The van der Waals surface area contributed by atoms with Crippen molar-refractivity contribution in [1.82, 2.24) is 29.8 Å². The minimum absolute atomic E-state index is 0.0246. The lowest BCUT2D eigenvalue weighted by molar-refractivity contribution is -0.122.